The smallest absolute Gasteiger partial charge is 0.372 e. The molecule has 0 aliphatic rings. The van der Waals surface area contributed by atoms with E-state index in [2.05, 4.69) is 9.97 Å². The highest BCUT2D eigenvalue weighted by Gasteiger charge is 2.22. The van der Waals surface area contributed by atoms with Gasteiger partial charge >= 0.3 is 11.7 Å². The molecule has 0 saturated carbocycles. The van der Waals surface area contributed by atoms with Crippen molar-refractivity contribution in [3.05, 3.63) is 26.7 Å². The Balaban J connectivity index is 3.00. The first kappa shape index (κ1) is 14.0. The maximum absolute atomic E-state index is 12.0. The van der Waals surface area contributed by atoms with Gasteiger partial charge in [-0.15, -0.1) is 0 Å². The van der Waals surface area contributed by atoms with Crippen molar-refractivity contribution in [3.8, 4) is 0 Å². The Labute approximate surface area is 113 Å². The van der Waals surface area contributed by atoms with Crippen LogP contribution in [0.1, 0.15) is 43.9 Å². The van der Waals surface area contributed by atoms with Gasteiger partial charge in [0.1, 0.15) is 0 Å². The number of hydrogen-bond donors (Lipinski definition) is 2. The van der Waals surface area contributed by atoms with E-state index in [1.807, 2.05) is 13.8 Å². The van der Waals surface area contributed by atoms with Gasteiger partial charge in [0, 0.05) is 12.6 Å². The molecule has 8 heteroatoms. The molecule has 8 nitrogen and oxygen atoms in total. The summed E-state index contributed by atoms with van der Waals surface area (Å²) in [6.45, 7) is 5.69. The van der Waals surface area contributed by atoms with Gasteiger partial charge in [-0.05, 0) is 20.3 Å². The Hall–Kier alpha value is -2.38. The summed E-state index contributed by atoms with van der Waals surface area (Å²) < 4.78 is 2.63. The lowest BCUT2D eigenvalue weighted by Gasteiger charge is -2.12. The number of fused-ring (bicyclic) bond motifs is 1. The number of nitrogens with one attached hydrogen (secondary N) is 1. The van der Waals surface area contributed by atoms with Gasteiger partial charge < -0.3 is 9.67 Å². The number of carboxylic acid groups (broad SMARTS) is 1. The lowest BCUT2D eigenvalue weighted by atomic mass is 10.2. The van der Waals surface area contributed by atoms with Crippen LogP contribution in [0.15, 0.2) is 9.59 Å². The molecule has 2 aromatic heterocycles. The highest BCUT2D eigenvalue weighted by Crippen LogP contribution is 2.16. The van der Waals surface area contributed by atoms with Crippen LogP contribution in [-0.2, 0) is 6.54 Å². The number of carboxylic acids is 1. The molecule has 0 spiro atoms. The van der Waals surface area contributed by atoms with Crippen molar-refractivity contribution in [2.24, 2.45) is 0 Å². The minimum Gasteiger partial charge on any atom is -0.475 e. The third kappa shape index (κ3) is 1.93. The zero-order chi connectivity index (χ0) is 15.0. The van der Waals surface area contributed by atoms with E-state index in [9.17, 15) is 14.4 Å². The quantitative estimate of drug-likeness (QED) is 0.851. The maximum Gasteiger partial charge on any atom is 0.372 e. The van der Waals surface area contributed by atoms with E-state index in [1.54, 1.807) is 6.92 Å². The summed E-state index contributed by atoms with van der Waals surface area (Å²) in [4.78, 5) is 41.3. The summed E-state index contributed by atoms with van der Waals surface area (Å²) in [5, 5.41) is 9.16. The van der Waals surface area contributed by atoms with Crippen LogP contribution >= 0.6 is 0 Å². The summed E-state index contributed by atoms with van der Waals surface area (Å²) in [5.74, 6) is -1.47. The van der Waals surface area contributed by atoms with Crippen LogP contribution in [-0.4, -0.2) is 30.2 Å². The Morgan fingerprint density at radius 1 is 1.40 bits per heavy atom. The van der Waals surface area contributed by atoms with Crippen LogP contribution in [0.4, 0.5) is 0 Å². The first-order valence-corrected chi connectivity index (χ1v) is 6.40. The fourth-order valence-corrected chi connectivity index (χ4v) is 2.21. The van der Waals surface area contributed by atoms with Crippen molar-refractivity contribution in [1.82, 2.24) is 19.1 Å². The van der Waals surface area contributed by atoms with E-state index < -0.39 is 17.2 Å². The molecule has 0 bridgehead atoms. The van der Waals surface area contributed by atoms with Crippen molar-refractivity contribution in [2.75, 3.05) is 0 Å². The average Bonchev–Trinajstić information content (AvgIpc) is 2.77. The van der Waals surface area contributed by atoms with Gasteiger partial charge in [-0.25, -0.2) is 14.6 Å². The van der Waals surface area contributed by atoms with Gasteiger partial charge in [0.25, 0.3) is 5.56 Å². The molecule has 0 amide bonds. The van der Waals surface area contributed by atoms with Crippen molar-refractivity contribution in [2.45, 2.75) is 39.8 Å². The van der Waals surface area contributed by atoms with Crippen LogP contribution in [0.5, 0.6) is 0 Å². The van der Waals surface area contributed by atoms with Gasteiger partial charge in [0.05, 0.1) is 0 Å². The minimum atomic E-state index is -1.23. The van der Waals surface area contributed by atoms with E-state index in [0.29, 0.717) is 6.42 Å². The molecule has 0 aromatic carbocycles. The van der Waals surface area contributed by atoms with Crippen molar-refractivity contribution in [3.63, 3.8) is 0 Å². The molecule has 0 aliphatic heterocycles. The average molecular weight is 280 g/mol. The molecular weight excluding hydrogens is 264 g/mol. The monoisotopic (exact) mass is 280 g/mol. The molecule has 2 heterocycles. The number of imidazole rings is 1. The van der Waals surface area contributed by atoms with Crippen LogP contribution in [0.3, 0.4) is 0 Å². The summed E-state index contributed by atoms with van der Waals surface area (Å²) in [5.41, 5.74) is -0.960. The van der Waals surface area contributed by atoms with E-state index in [0.717, 1.165) is 0 Å². The number of hydrogen-bond acceptors (Lipinski definition) is 4. The van der Waals surface area contributed by atoms with E-state index in [4.69, 9.17) is 5.11 Å². The second kappa shape index (κ2) is 4.95. The molecule has 1 unspecified atom stereocenters. The van der Waals surface area contributed by atoms with Crippen LogP contribution in [0.2, 0.25) is 0 Å². The predicted molar refractivity (Wildman–Crippen MR) is 72.2 cm³/mol. The van der Waals surface area contributed by atoms with Crippen molar-refractivity contribution >= 4 is 17.1 Å². The zero-order valence-corrected chi connectivity index (χ0v) is 11.5. The first-order chi connectivity index (χ1) is 9.42. The fraction of sp³-hybridized carbons (Fsp3) is 0.500. The number of rotatable bonds is 4. The lowest BCUT2D eigenvalue weighted by Crippen LogP contribution is -2.32. The molecule has 0 saturated heterocycles. The van der Waals surface area contributed by atoms with Crippen molar-refractivity contribution in [1.29, 1.82) is 0 Å². The molecule has 1 atom stereocenters. The van der Waals surface area contributed by atoms with Gasteiger partial charge in [0.2, 0.25) is 5.82 Å². The number of aromatic carboxylic acids is 1. The van der Waals surface area contributed by atoms with Gasteiger partial charge in [0.15, 0.2) is 11.2 Å². The van der Waals surface area contributed by atoms with Gasteiger partial charge in [-0.2, -0.15) is 0 Å². The van der Waals surface area contributed by atoms with Crippen LogP contribution in [0.25, 0.3) is 11.2 Å². The summed E-state index contributed by atoms with van der Waals surface area (Å²) >= 11 is 0. The molecule has 0 fully saturated rings. The second-order valence-electron chi connectivity index (χ2n) is 4.54. The van der Waals surface area contributed by atoms with Crippen LogP contribution in [0, 0.1) is 0 Å². The molecule has 20 heavy (non-hydrogen) atoms. The minimum absolute atomic E-state index is 0.116. The van der Waals surface area contributed by atoms with Crippen LogP contribution < -0.4 is 11.2 Å². The van der Waals surface area contributed by atoms with E-state index >= 15 is 0 Å². The highest BCUT2D eigenvalue weighted by atomic mass is 16.4. The predicted octanol–water partition coefficient (Wildman–Crippen LogP) is 0.575. The molecule has 0 aliphatic carbocycles. The Morgan fingerprint density at radius 3 is 2.55 bits per heavy atom. The molecule has 108 valence electrons. The normalized spacial score (nSPS) is 12.8. The first-order valence-electron chi connectivity index (χ1n) is 6.40. The molecule has 2 N–H and O–H groups in total. The Morgan fingerprint density at radius 2 is 2.05 bits per heavy atom. The second-order valence-corrected chi connectivity index (χ2v) is 4.54. The van der Waals surface area contributed by atoms with E-state index in [1.165, 1.54) is 9.13 Å². The van der Waals surface area contributed by atoms with Gasteiger partial charge in [-0.1, -0.05) is 6.92 Å². The lowest BCUT2D eigenvalue weighted by molar-refractivity contribution is 0.0679. The molecular formula is C12H16N4O4. The fourth-order valence-electron chi connectivity index (χ4n) is 2.21. The topological polar surface area (TPSA) is 110 Å². The zero-order valence-electron chi connectivity index (χ0n) is 11.5. The highest BCUT2D eigenvalue weighted by molar-refractivity contribution is 5.88. The Bertz CT molecular complexity index is 783. The third-order valence-electron chi connectivity index (χ3n) is 3.37. The third-order valence-corrected chi connectivity index (χ3v) is 3.37. The van der Waals surface area contributed by atoms with Crippen molar-refractivity contribution < 1.29 is 9.90 Å². The molecule has 2 rings (SSSR count). The number of nitrogens with zero attached hydrogens (tertiary/aromatic N) is 3. The summed E-state index contributed by atoms with van der Waals surface area (Å²) in [6, 6.07) is -0.191. The number of H-pyrrole nitrogens is 1. The number of aromatic amines is 1. The Kier molecular flexibility index (Phi) is 3.47. The molecule has 0 radical (unpaired) electrons. The SMILES string of the molecule is CCC(C)n1c(=O)[nH]c(=O)c2c1nc(C(=O)O)n2CC. The maximum atomic E-state index is 12.0. The number of aryl methyl sites for hydroxylation is 1. The largest absolute Gasteiger partial charge is 0.475 e. The number of aromatic nitrogens is 4. The molecule has 2 aromatic rings. The van der Waals surface area contributed by atoms with E-state index in [-0.39, 0.29) is 29.6 Å². The summed E-state index contributed by atoms with van der Waals surface area (Å²) in [6.07, 6.45) is 0.655. The number of carbonyl (C=O) groups is 1. The standard InChI is InChI=1S/C12H16N4O4/c1-4-6(3)16-8-7(10(17)14-12(16)20)15(5-2)9(13-8)11(18)19/h6H,4-5H2,1-3H3,(H,18,19)(H,14,17,20). The summed E-state index contributed by atoms with van der Waals surface area (Å²) in [7, 11) is 0. The van der Waals surface area contributed by atoms with Gasteiger partial charge in [-0.3, -0.25) is 14.3 Å².